The van der Waals surface area contributed by atoms with Crippen LogP contribution in [-0.4, -0.2) is 12.0 Å². The lowest BCUT2D eigenvalue weighted by Crippen LogP contribution is -2.15. The third-order valence-corrected chi connectivity index (χ3v) is 3.32. The molecule has 0 saturated heterocycles. The number of anilines is 1. The molecular formula is C15H17NO2S. The fraction of sp³-hybridized carbons (Fsp3) is 0.267. The molecule has 2 rings (SSSR count). The molecule has 0 unspecified atom stereocenters. The average molecular weight is 275 g/mol. The van der Waals surface area contributed by atoms with Crippen LogP contribution in [0.15, 0.2) is 41.8 Å². The van der Waals surface area contributed by atoms with Crippen molar-refractivity contribution in [2.24, 2.45) is 0 Å². The molecule has 0 spiro atoms. The first-order valence-electron chi connectivity index (χ1n) is 6.23. The first kappa shape index (κ1) is 13.6. The van der Waals surface area contributed by atoms with Crippen LogP contribution in [-0.2, 0) is 11.2 Å². The zero-order valence-electron chi connectivity index (χ0n) is 11.1. The van der Waals surface area contributed by atoms with E-state index < -0.39 is 0 Å². The van der Waals surface area contributed by atoms with Gasteiger partial charge in [0.25, 0.3) is 0 Å². The molecule has 1 heterocycles. The fourth-order valence-electron chi connectivity index (χ4n) is 1.69. The summed E-state index contributed by atoms with van der Waals surface area (Å²) < 4.78 is 5.67. The smallest absolute Gasteiger partial charge is 0.229 e. The Morgan fingerprint density at radius 2 is 2.05 bits per heavy atom. The summed E-state index contributed by atoms with van der Waals surface area (Å²) in [4.78, 5) is 13.0. The van der Waals surface area contributed by atoms with Gasteiger partial charge in [-0.2, -0.15) is 0 Å². The standard InChI is InChI=1S/C15H17NO2S/c1-11(2)18-14-8-4-3-7-13(14)16-15(17)10-12-6-5-9-19-12/h3-9,11H,10H2,1-2H3,(H,16,17). The highest BCUT2D eigenvalue weighted by atomic mass is 32.1. The number of nitrogens with one attached hydrogen (secondary N) is 1. The predicted octanol–water partition coefficient (Wildman–Crippen LogP) is 3.72. The summed E-state index contributed by atoms with van der Waals surface area (Å²) in [5.74, 6) is 0.680. The maximum absolute atomic E-state index is 12.0. The molecule has 1 aromatic carbocycles. The number of hydrogen-bond donors (Lipinski definition) is 1. The van der Waals surface area contributed by atoms with Crippen molar-refractivity contribution in [2.45, 2.75) is 26.4 Å². The Morgan fingerprint density at radius 1 is 1.26 bits per heavy atom. The largest absolute Gasteiger partial charge is 0.489 e. The monoisotopic (exact) mass is 275 g/mol. The van der Waals surface area contributed by atoms with Gasteiger partial charge in [0.05, 0.1) is 18.2 Å². The van der Waals surface area contributed by atoms with Crippen LogP contribution in [0.25, 0.3) is 0 Å². The number of amides is 1. The molecule has 0 atom stereocenters. The Labute approximate surface area is 117 Å². The van der Waals surface area contributed by atoms with Gasteiger partial charge in [-0.15, -0.1) is 11.3 Å². The molecule has 0 aliphatic carbocycles. The van der Waals surface area contributed by atoms with Crippen LogP contribution in [0.5, 0.6) is 5.75 Å². The molecule has 1 N–H and O–H groups in total. The Bertz CT molecular complexity index is 535. The van der Waals surface area contributed by atoms with Gasteiger partial charge in [-0.3, -0.25) is 4.79 Å². The summed E-state index contributed by atoms with van der Waals surface area (Å²) >= 11 is 1.58. The van der Waals surface area contributed by atoms with Gasteiger partial charge in [-0.05, 0) is 37.4 Å². The second-order valence-corrected chi connectivity index (χ2v) is 5.50. The third kappa shape index (κ3) is 4.10. The molecule has 0 saturated carbocycles. The van der Waals surface area contributed by atoms with Gasteiger partial charge < -0.3 is 10.1 Å². The Morgan fingerprint density at radius 3 is 2.74 bits per heavy atom. The molecule has 100 valence electrons. The normalized spacial score (nSPS) is 10.5. The van der Waals surface area contributed by atoms with Gasteiger partial charge in [0.15, 0.2) is 0 Å². The van der Waals surface area contributed by atoms with Crippen LogP contribution in [0.3, 0.4) is 0 Å². The molecule has 1 aromatic heterocycles. The van der Waals surface area contributed by atoms with Crippen LogP contribution in [0.1, 0.15) is 18.7 Å². The van der Waals surface area contributed by atoms with E-state index in [9.17, 15) is 4.79 Å². The summed E-state index contributed by atoms with van der Waals surface area (Å²) in [6, 6.07) is 11.4. The van der Waals surface area contributed by atoms with E-state index in [0.717, 1.165) is 10.6 Å². The number of benzene rings is 1. The van der Waals surface area contributed by atoms with Crippen molar-refractivity contribution in [3.63, 3.8) is 0 Å². The summed E-state index contributed by atoms with van der Waals surface area (Å²) in [7, 11) is 0. The Balaban J connectivity index is 2.04. The van der Waals surface area contributed by atoms with Crippen molar-refractivity contribution in [1.82, 2.24) is 0 Å². The quantitative estimate of drug-likeness (QED) is 0.903. The van der Waals surface area contributed by atoms with Crippen molar-refractivity contribution < 1.29 is 9.53 Å². The fourth-order valence-corrected chi connectivity index (χ4v) is 2.40. The molecule has 3 nitrogen and oxygen atoms in total. The van der Waals surface area contributed by atoms with E-state index in [2.05, 4.69) is 5.32 Å². The zero-order valence-corrected chi connectivity index (χ0v) is 11.9. The second kappa shape index (κ2) is 6.38. The van der Waals surface area contributed by atoms with E-state index in [0.29, 0.717) is 12.2 Å². The molecule has 0 bridgehead atoms. The molecule has 0 fully saturated rings. The molecule has 0 aliphatic heterocycles. The van der Waals surface area contributed by atoms with E-state index in [1.807, 2.05) is 55.6 Å². The molecular weight excluding hydrogens is 258 g/mol. The van der Waals surface area contributed by atoms with Crippen LogP contribution < -0.4 is 10.1 Å². The lowest BCUT2D eigenvalue weighted by Gasteiger charge is -2.14. The van der Waals surface area contributed by atoms with Crippen molar-refractivity contribution >= 4 is 22.9 Å². The summed E-state index contributed by atoms with van der Waals surface area (Å²) in [6.45, 7) is 3.93. The highest BCUT2D eigenvalue weighted by Gasteiger charge is 2.09. The number of ether oxygens (including phenoxy) is 1. The van der Waals surface area contributed by atoms with Crippen LogP contribution in [0.4, 0.5) is 5.69 Å². The van der Waals surface area contributed by atoms with E-state index in [4.69, 9.17) is 4.74 Å². The summed E-state index contributed by atoms with van der Waals surface area (Å²) in [5, 5.41) is 4.87. The number of hydrogen-bond acceptors (Lipinski definition) is 3. The molecule has 0 aliphatic rings. The number of thiophene rings is 1. The van der Waals surface area contributed by atoms with Crippen LogP contribution in [0, 0.1) is 0 Å². The van der Waals surface area contributed by atoms with E-state index in [-0.39, 0.29) is 12.0 Å². The van der Waals surface area contributed by atoms with Gasteiger partial charge >= 0.3 is 0 Å². The topological polar surface area (TPSA) is 38.3 Å². The molecule has 2 aromatic rings. The van der Waals surface area contributed by atoms with Crippen LogP contribution >= 0.6 is 11.3 Å². The zero-order chi connectivity index (χ0) is 13.7. The number of carbonyl (C=O) groups excluding carboxylic acids is 1. The maximum Gasteiger partial charge on any atom is 0.229 e. The van der Waals surface area contributed by atoms with Gasteiger partial charge in [0.1, 0.15) is 5.75 Å². The van der Waals surface area contributed by atoms with Crippen LogP contribution in [0.2, 0.25) is 0 Å². The van der Waals surface area contributed by atoms with Gasteiger partial charge in [-0.1, -0.05) is 18.2 Å². The number of carbonyl (C=O) groups is 1. The van der Waals surface area contributed by atoms with Gasteiger partial charge in [0.2, 0.25) is 5.91 Å². The Kier molecular flexibility index (Phi) is 4.58. The van der Waals surface area contributed by atoms with Crippen molar-refractivity contribution in [2.75, 3.05) is 5.32 Å². The minimum Gasteiger partial charge on any atom is -0.489 e. The third-order valence-electron chi connectivity index (χ3n) is 2.44. The minimum atomic E-state index is -0.0257. The lowest BCUT2D eigenvalue weighted by molar-refractivity contribution is -0.115. The highest BCUT2D eigenvalue weighted by Crippen LogP contribution is 2.25. The van der Waals surface area contributed by atoms with Gasteiger partial charge in [-0.25, -0.2) is 0 Å². The maximum atomic E-state index is 12.0. The van der Waals surface area contributed by atoms with Crippen molar-refractivity contribution in [1.29, 1.82) is 0 Å². The average Bonchev–Trinajstić information content (AvgIpc) is 2.83. The van der Waals surface area contributed by atoms with E-state index in [1.165, 1.54) is 0 Å². The molecule has 1 amide bonds. The van der Waals surface area contributed by atoms with E-state index >= 15 is 0 Å². The summed E-state index contributed by atoms with van der Waals surface area (Å²) in [5.41, 5.74) is 0.720. The Hall–Kier alpha value is -1.81. The second-order valence-electron chi connectivity index (χ2n) is 4.47. The van der Waals surface area contributed by atoms with Crippen molar-refractivity contribution in [3.8, 4) is 5.75 Å². The first-order valence-corrected chi connectivity index (χ1v) is 7.11. The predicted molar refractivity (Wildman–Crippen MR) is 78.9 cm³/mol. The van der Waals surface area contributed by atoms with Gasteiger partial charge in [0, 0.05) is 4.88 Å². The van der Waals surface area contributed by atoms with Crippen molar-refractivity contribution in [3.05, 3.63) is 46.7 Å². The first-order chi connectivity index (χ1) is 9.15. The SMILES string of the molecule is CC(C)Oc1ccccc1NC(=O)Cc1cccs1. The highest BCUT2D eigenvalue weighted by molar-refractivity contribution is 7.10. The van der Waals surface area contributed by atoms with E-state index in [1.54, 1.807) is 11.3 Å². The minimum absolute atomic E-state index is 0.0257. The molecule has 4 heteroatoms. The number of rotatable bonds is 5. The number of para-hydroxylation sites is 2. The lowest BCUT2D eigenvalue weighted by atomic mass is 10.2. The summed E-state index contributed by atoms with van der Waals surface area (Å²) in [6.07, 6.45) is 0.476. The molecule has 0 radical (unpaired) electrons. The molecule has 19 heavy (non-hydrogen) atoms.